The maximum Gasteiger partial charge on any atom is 0.416 e. The average molecular weight is 430 g/mol. The fourth-order valence-electron chi connectivity index (χ4n) is 3.27. The Hall–Kier alpha value is -3.04. The number of methoxy groups -OCH3 is 1. The summed E-state index contributed by atoms with van der Waals surface area (Å²) >= 11 is 0. The molecule has 0 N–H and O–H groups in total. The van der Waals surface area contributed by atoms with E-state index >= 15 is 0 Å². The van der Waals surface area contributed by atoms with Crippen molar-refractivity contribution in [3.05, 3.63) is 53.6 Å². The molecule has 1 aliphatic heterocycles. The lowest BCUT2D eigenvalue weighted by atomic mass is 10.1. The molecule has 30 heavy (non-hydrogen) atoms. The molecule has 0 saturated carbocycles. The molecule has 1 amide bonds. The highest BCUT2D eigenvalue weighted by Crippen LogP contribution is 2.34. The summed E-state index contributed by atoms with van der Waals surface area (Å²) in [4.78, 5) is 16.1. The largest absolute Gasteiger partial charge is 0.493 e. The van der Waals surface area contributed by atoms with Gasteiger partial charge in [0.2, 0.25) is 0 Å². The first kappa shape index (κ1) is 21.7. The number of anilines is 1. The molecule has 5 nitrogen and oxygen atoms in total. The summed E-state index contributed by atoms with van der Waals surface area (Å²) in [5, 5.41) is 0. The van der Waals surface area contributed by atoms with Crippen LogP contribution in [0.2, 0.25) is 0 Å². The predicted molar refractivity (Wildman–Crippen MR) is 99.2 cm³/mol. The number of hydrogen-bond donors (Lipinski definition) is 0. The third-order valence-corrected chi connectivity index (χ3v) is 4.74. The molecule has 0 aromatic heterocycles. The van der Waals surface area contributed by atoms with Crippen molar-refractivity contribution in [2.75, 3.05) is 38.2 Å². The molecule has 3 rings (SSSR count). The lowest BCUT2D eigenvalue weighted by Crippen LogP contribution is -2.49. The van der Waals surface area contributed by atoms with Crippen molar-refractivity contribution in [1.29, 1.82) is 0 Å². The normalized spacial score (nSPS) is 14.8. The summed E-state index contributed by atoms with van der Waals surface area (Å²) < 4.78 is 73.9. The molecule has 0 unspecified atom stereocenters. The van der Waals surface area contributed by atoms with Crippen LogP contribution in [0.3, 0.4) is 0 Å². The van der Waals surface area contributed by atoms with Crippen LogP contribution in [0.25, 0.3) is 0 Å². The van der Waals surface area contributed by atoms with Crippen molar-refractivity contribution in [3.8, 4) is 11.5 Å². The third-order valence-electron chi connectivity index (χ3n) is 4.74. The van der Waals surface area contributed by atoms with Crippen molar-refractivity contribution in [2.24, 2.45) is 0 Å². The summed E-state index contributed by atoms with van der Waals surface area (Å²) in [5.74, 6) is -0.864. The van der Waals surface area contributed by atoms with E-state index in [0.29, 0.717) is 18.8 Å². The second-order valence-corrected chi connectivity index (χ2v) is 6.54. The van der Waals surface area contributed by atoms with Gasteiger partial charge in [-0.25, -0.2) is 0 Å². The average Bonchev–Trinajstić information content (AvgIpc) is 2.72. The molecule has 2 aromatic rings. The van der Waals surface area contributed by atoms with Crippen LogP contribution >= 0.6 is 0 Å². The van der Waals surface area contributed by atoms with Crippen molar-refractivity contribution < 1.29 is 36.2 Å². The molecule has 1 fully saturated rings. The molecule has 0 radical (unpaired) electrons. The van der Waals surface area contributed by atoms with Gasteiger partial charge < -0.3 is 19.3 Å². The minimum Gasteiger partial charge on any atom is -0.493 e. The van der Waals surface area contributed by atoms with Gasteiger partial charge in [0.05, 0.1) is 18.2 Å². The molecular formula is C20H19F5N2O3. The Kier molecular flexibility index (Phi) is 6.33. The zero-order chi connectivity index (χ0) is 21.9. The number of piperazine rings is 1. The van der Waals surface area contributed by atoms with Gasteiger partial charge in [0.1, 0.15) is 0 Å². The van der Waals surface area contributed by atoms with E-state index < -0.39 is 24.3 Å². The fraction of sp³-hybridized carbons (Fsp3) is 0.350. The maximum absolute atomic E-state index is 12.9. The van der Waals surface area contributed by atoms with Crippen LogP contribution in [0, 0.1) is 0 Å². The van der Waals surface area contributed by atoms with Gasteiger partial charge in [0, 0.05) is 31.9 Å². The van der Waals surface area contributed by atoms with Gasteiger partial charge >= 0.3 is 12.8 Å². The van der Waals surface area contributed by atoms with Crippen molar-refractivity contribution in [3.63, 3.8) is 0 Å². The van der Waals surface area contributed by atoms with Crippen LogP contribution < -0.4 is 14.4 Å². The first-order valence-corrected chi connectivity index (χ1v) is 9.04. The standard InChI is InChI=1S/C20H19F5N2O3/c1-29-16-7-3-6-15(17(16)30-19(21)22)18(28)27-10-8-26(9-11-27)14-5-2-4-13(12-14)20(23,24)25/h2-7,12,19H,8-11H2,1H3. The van der Waals surface area contributed by atoms with E-state index in [1.807, 2.05) is 0 Å². The second-order valence-electron chi connectivity index (χ2n) is 6.54. The van der Waals surface area contributed by atoms with E-state index in [1.165, 1.54) is 36.3 Å². The van der Waals surface area contributed by atoms with Crippen LogP contribution in [0.4, 0.5) is 27.6 Å². The Balaban J connectivity index is 1.74. The number of rotatable bonds is 5. The van der Waals surface area contributed by atoms with Crippen LogP contribution in [0.1, 0.15) is 15.9 Å². The van der Waals surface area contributed by atoms with Crippen LogP contribution in [-0.4, -0.2) is 50.7 Å². The topological polar surface area (TPSA) is 42.0 Å². The molecule has 1 aliphatic rings. The van der Waals surface area contributed by atoms with Gasteiger partial charge in [-0.1, -0.05) is 12.1 Å². The van der Waals surface area contributed by atoms with E-state index in [2.05, 4.69) is 4.74 Å². The number of halogens is 5. The van der Waals surface area contributed by atoms with E-state index in [1.54, 1.807) is 11.0 Å². The van der Waals surface area contributed by atoms with Crippen LogP contribution in [0.15, 0.2) is 42.5 Å². The number of carbonyl (C=O) groups is 1. The van der Waals surface area contributed by atoms with Gasteiger partial charge in [0.25, 0.3) is 5.91 Å². The minimum atomic E-state index is -4.44. The Morgan fingerprint density at radius 2 is 1.70 bits per heavy atom. The van der Waals surface area contributed by atoms with Gasteiger partial charge in [-0.05, 0) is 30.3 Å². The minimum absolute atomic E-state index is 0.00347. The zero-order valence-electron chi connectivity index (χ0n) is 16.0. The molecule has 2 aromatic carbocycles. The van der Waals surface area contributed by atoms with Gasteiger partial charge in [-0.2, -0.15) is 22.0 Å². The monoisotopic (exact) mass is 430 g/mol. The smallest absolute Gasteiger partial charge is 0.416 e. The molecule has 1 heterocycles. The molecule has 0 bridgehead atoms. The number of nitrogens with zero attached hydrogens (tertiary/aromatic N) is 2. The molecule has 1 saturated heterocycles. The second kappa shape index (κ2) is 8.76. The first-order chi connectivity index (χ1) is 14.2. The highest BCUT2D eigenvalue weighted by Gasteiger charge is 2.32. The predicted octanol–water partition coefficient (Wildman–Crippen LogP) is 4.28. The Morgan fingerprint density at radius 1 is 1.03 bits per heavy atom. The fourth-order valence-corrected chi connectivity index (χ4v) is 3.27. The molecule has 0 atom stereocenters. The first-order valence-electron chi connectivity index (χ1n) is 9.04. The molecule has 10 heteroatoms. The highest BCUT2D eigenvalue weighted by molar-refractivity contribution is 5.98. The van der Waals surface area contributed by atoms with E-state index in [4.69, 9.17) is 4.74 Å². The number of hydrogen-bond acceptors (Lipinski definition) is 4. The zero-order valence-corrected chi connectivity index (χ0v) is 16.0. The number of amides is 1. The third kappa shape index (κ3) is 4.74. The summed E-state index contributed by atoms with van der Waals surface area (Å²) in [6.07, 6.45) is -4.44. The van der Waals surface area contributed by atoms with Gasteiger partial charge in [-0.15, -0.1) is 0 Å². The Morgan fingerprint density at radius 3 is 2.30 bits per heavy atom. The summed E-state index contributed by atoms with van der Waals surface area (Å²) in [7, 11) is 1.27. The van der Waals surface area contributed by atoms with Crippen molar-refractivity contribution in [2.45, 2.75) is 12.8 Å². The lowest BCUT2D eigenvalue weighted by Gasteiger charge is -2.36. The van der Waals surface area contributed by atoms with E-state index in [0.717, 1.165) is 12.1 Å². The summed E-state index contributed by atoms with van der Waals surface area (Å²) in [6, 6.07) is 9.22. The van der Waals surface area contributed by atoms with Gasteiger partial charge in [-0.3, -0.25) is 4.79 Å². The summed E-state index contributed by atoms with van der Waals surface area (Å²) in [6.45, 7) is -2.13. The van der Waals surface area contributed by atoms with Crippen molar-refractivity contribution in [1.82, 2.24) is 4.90 Å². The number of carbonyl (C=O) groups excluding carboxylic acids is 1. The number of ether oxygens (including phenoxy) is 2. The van der Waals surface area contributed by atoms with E-state index in [-0.39, 0.29) is 30.2 Å². The quantitative estimate of drug-likeness (QED) is 0.665. The molecule has 0 aliphatic carbocycles. The SMILES string of the molecule is COc1cccc(C(=O)N2CCN(c3cccc(C(F)(F)F)c3)CC2)c1OC(F)F. The van der Waals surface area contributed by atoms with Gasteiger partial charge in [0.15, 0.2) is 11.5 Å². The molecular weight excluding hydrogens is 411 g/mol. The highest BCUT2D eigenvalue weighted by atomic mass is 19.4. The van der Waals surface area contributed by atoms with Crippen molar-refractivity contribution >= 4 is 11.6 Å². The number of para-hydroxylation sites is 1. The Labute approximate surface area is 169 Å². The number of alkyl halides is 5. The molecule has 162 valence electrons. The van der Waals surface area contributed by atoms with Crippen LogP contribution in [-0.2, 0) is 6.18 Å². The van der Waals surface area contributed by atoms with Crippen LogP contribution in [0.5, 0.6) is 11.5 Å². The Bertz CT molecular complexity index is 896. The number of benzene rings is 2. The van der Waals surface area contributed by atoms with E-state index in [9.17, 15) is 26.7 Å². The summed E-state index contributed by atoms with van der Waals surface area (Å²) in [5.41, 5.74) is -0.411. The maximum atomic E-state index is 12.9. The molecule has 0 spiro atoms. The lowest BCUT2D eigenvalue weighted by molar-refractivity contribution is -0.137.